The first-order chi connectivity index (χ1) is 16.0. The number of nitrogens with zero attached hydrogens (tertiary/aromatic N) is 2. The molecular formula is C25H24N4O4. The maximum Gasteiger partial charge on any atom is 0.329 e. The summed E-state index contributed by atoms with van der Waals surface area (Å²) in [7, 11) is 1.55. The zero-order valence-electron chi connectivity index (χ0n) is 18.2. The van der Waals surface area contributed by atoms with E-state index in [4.69, 9.17) is 10.5 Å². The fraction of sp³-hybridized carbons (Fsp3) is 0.280. The van der Waals surface area contributed by atoms with Crippen molar-refractivity contribution < 1.29 is 19.1 Å². The molecular weight excluding hydrogens is 420 g/mol. The van der Waals surface area contributed by atoms with Gasteiger partial charge in [0.05, 0.1) is 24.9 Å². The number of anilines is 1. The monoisotopic (exact) mass is 444 g/mol. The Morgan fingerprint density at radius 1 is 1.12 bits per heavy atom. The number of hydrogen-bond acceptors (Lipinski definition) is 5. The van der Waals surface area contributed by atoms with Crippen LogP contribution in [-0.2, 0) is 4.79 Å². The highest BCUT2D eigenvalue weighted by molar-refractivity contribution is 6.20. The van der Waals surface area contributed by atoms with E-state index in [2.05, 4.69) is 10.3 Å². The first kappa shape index (κ1) is 20.9. The van der Waals surface area contributed by atoms with Crippen molar-refractivity contribution in [3.63, 3.8) is 0 Å². The van der Waals surface area contributed by atoms with Crippen molar-refractivity contribution in [2.75, 3.05) is 12.0 Å². The van der Waals surface area contributed by atoms with Crippen molar-refractivity contribution in [1.82, 2.24) is 10.3 Å². The van der Waals surface area contributed by atoms with Gasteiger partial charge in [0.2, 0.25) is 11.8 Å². The molecule has 0 bridgehead atoms. The Bertz CT molecular complexity index is 1270. The van der Waals surface area contributed by atoms with Gasteiger partial charge in [-0.3, -0.25) is 14.6 Å². The second-order valence-electron chi connectivity index (χ2n) is 8.51. The fourth-order valence-electron chi connectivity index (χ4n) is 5.24. The standard InChI is InChI=1S/C25H24N4O4/c1-33-21-8-4-7-18(23(26)30)22(21)14-9-10-17-19(11-14)28-25(32)29(24(17)31)20-13-27-12-15-5-2-3-6-16(15)20/h2-8,12-14,17,19H,9-11H2,1H3,(H2,26,30)(H,28,32). The number of ether oxygens (including phenoxy) is 1. The molecule has 0 radical (unpaired) electrons. The molecule has 3 N–H and O–H groups in total. The molecule has 1 saturated heterocycles. The summed E-state index contributed by atoms with van der Waals surface area (Å²) in [5.74, 6) is -0.583. The fourth-order valence-corrected chi connectivity index (χ4v) is 5.24. The Balaban J connectivity index is 1.46. The third-order valence-electron chi connectivity index (χ3n) is 6.75. The number of rotatable bonds is 4. The lowest BCUT2D eigenvalue weighted by molar-refractivity contribution is -0.124. The number of carbonyl (C=O) groups is 3. The third-order valence-corrected chi connectivity index (χ3v) is 6.75. The van der Waals surface area contributed by atoms with E-state index in [9.17, 15) is 14.4 Å². The van der Waals surface area contributed by atoms with Crippen LogP contribution < -0.4 is 20.7 Å². The van der Waals surface area contributed by atoms with Gasteiger partial charge in [-0.15, -0.1) is 0 Å². The van der Waals surface area contributed by atoms with Crippen LogP contribution in [0, 0.1) is 5.92 Å². The number of nitrogens with two attached hydrogens (primary N) is 1. The van der Waals surface area contributed by atoms with Crippen LogP contribution >= 0.6 is 0 Å². The molecule has 2 aromatic carbocycles. The first-order valence-electron chi connectivity index (χ1n) is 10.9. The summed E-state index contributed by atoms with van der Waals surface area (Å²) in [6, 6.07) is 12.0. The van der Waals surface area contributed by atoms with Gasteiger partial charge in [0.1, 0.15) is 5.75 Å². The molecule has 3 unspecified atom stereocenters. The maximum atomic E-state index is 13.5. The minimum atomic E-state index is -0.524. The van der Waals surface area contributed by atoms with Gasteiger partial charge in [-0.2, -0.15) is 0 Å². The van der Waals surface area contributed by atoms with Crippen LogP contribution in [0.25, 0.3) is 10.8 Å². The Morgan fingerprint density at radius 2 is 1.94 bits per heavy atom. The van der Waals surface area contributed by atoms with Crippen molar-refractivity contribution in [2.24, 2.45) is 11.7 Å². The van der Waals surface area contributed by atoms with Gasteiger partial charge in [0.15, 0.2) is 0 Å². The van der Waals surface area contributed by atoms with Gasteiger partial charge >= 0.3 is 6.03 Å². The molecule has 0 spiro atoms. The number of fused-ring (bicyclic) bond motifs is 2. The smallest absolute Gasteiger partial charge is 0.329 e. The highest BCUT2D eigenvalue weighted by Gasteiger charge is 2.46. The first-order valence-corrected chi connectivity index (χ1v) is 10.9. The highest BCUT2D eigenvalue weighted by Crippen LogP contribution is 2.43. The number of methoxy groups -OCH3 is 1. The molecule has 1 aliphatic heterocycles. The van der Waals surface area contributed by atoms with Crippen LogP contribution in [0.5, 0.6) is 5.75 Å². The number of amides is 4. The molecule has 4 amide bonds. The molecule has 33 heavy (non-hydrogen) atoms. The molecule has 2 fully saturated rings. The largest absolute Gasteiger partial charge is 0.496 e. The van der Waals surface area contributed by atoms with Gasteiger partial charge in [-0.25, -0.2) is 9.69 Å². The highest BCUT2D eigenvalue weighted by atomic mass is 16.5. The summed E-state index contributed by atoms with van der Waals surface area (Å²) in [6.07, 6.45) is 5.03. The predicted molar refractivity (Wildman–Crippen MR) is 123 cm³/mol. The molecule has 3 aromatic rings. The van der Waals surface area contributed by atoms with Crippen LogP contribution in [0.4, 0.5) is 10.5 Å². The number of pyridine rings is 1. The van der Waals surface area contributed by atoms with E-state index in [0.717, 1.165) is 16.3 Å². The molecule has 3 atom stereocenters. The molecule has 5 rings (SSSR count). The number of aromatic nitrogens is 1. The molecule has 1 aliphatic carbocycles. The number of urea groups is 1. The molecule has 8 heteroatoms. The van der Waals surface area contributed by atoms with E-state index >= 15 is 0 Å². The van der Waals surface area contributed by atoms with Crippen LogP contribution in [0.1, 0.15) is 41.1 Å². The third kappa shape index (κ3) is 3.47. The van der Waals surface area contributed by atoms with E-state index in [-0.39, 0.29) is 23.8 Å². The quantitative estimate of drug-likeness (QED) is 0.640. The van der Waals surface area contributed by atoms with Crippen LogP contribution in [-0.4, -0.2) is 36.0 Å². The predicted octanol–water partition coefficient (Wildman–Crippen LogP) is 3.35. The molecule has 168 valence electrons. The number of nitrogens with one attached hydrogen (secondary N) is 1. The van der Waals surface area contributed by atoms with Crippen LogP contribution in [0.2, 0.25) is 0 Å². The summed E-state index contributed by atoms with van der Waals surface area (Å²) in [6.45, 7) is 0. The SMILES string of the molecule is COc1cccc(C(N)=O)c1C1CCC2C(=O)N(c3cncc4ccccc34)C(=O)NC2C1. The van der Waals surface area contributed by atoms with Gasteiger partial charge in [0.25, 0.3) is 0 Å². The minimum Gasteiger partial charge on any atom is -0.496 e. The zero-order chi connectivity index (χ0) is 23.1. The topological polar surface area (TPSA) is 115 Å². The number of carbonyl (C=O) groups excluding carboxylic acids is 3. The lowest BCUT2D eigenvalue weighted by atomic mass is 9.73. The Labute approximate surface area is 190 Å². The van der Waals surface area contributed by atoms with Crippen molar-refractivity contribution in [2.45, 2.75) is 31.2 Å². The van der Waals surface area contributed by atoms with E-state index in [0.29, 0.717) is 36.3 Å². The Morgan fingerprint density at radius 3 is 2.73 bits per heavy atom. The maximum absolute atomic E-state index is 13.5. The molecule has 2 aliphatic rings. The van der Waals surface area contributed by atoms with Gasteiger partial charge in [-0.05, 0) is 37.3 Å². The zero-order valence-corrected chi connectivity index (χ0v) is 18.2. The number of hydrogen-bond donors (Lipinski definition) is 2. The molecule has 8 nitrogen and oxygen atoms in total. The van der Waals surface area contributed by atoms with E-state index in [1.165, 1.54) is 4.90 Å². The summed E-state index contributed by atoms with van der Waals surface area (Å²) in [4.78, 5) is 44.1. The lowest BCUT2D eigenvalue weighted by Crippen LogP contribution is -2.61. The Kier molecular flexibility index (Phi) is 5.20. The van der Waals surface area contributed by atoms with E-state index < -0.39 is 11.9 Å². The van der Waals surface area contributed by atoms with Gasteiger partial charge in [0, 0.05) is 34.1 Å². The summed E-state index contributed by atoms with van der Waals surface area (Å²) < 4.78 is 5.51. The molecule has 1 aromatic heterocycles. The number of imide groups is 1. The average molecular weight is 444 g/mol. The summed E-state index contributed by atoms with van der Waals surface area (Å²) in [5, 5.41) is 4.68. The number of benzene rings is 2. The average Bonchev–Trinajstić information content (AvgIpc) is 2.83. The van der Waals surface area contributed by atoms with Crippen molar-refractivity contribution in [1.29, 1.82) is 0 Å². The normalized spacial score (nSPS) is 22.6. The van der Waals surface area contributed by atoms with Crippen molar-refractivity contribution in [3.05, 3.63) is 66.0 Å². The van der Waals surface area contributed by atoms with Crippen LogP contribution in [0.3, 0.4) is 0 Å². The lowest BCUT2D eigenvalue weighted by Gasteiger charge is -2.42. The van der Waals surface area contributed by atoms with Gasteiger partial charge in [-0.1, -0.05) is 30.3 Å². The van der Waals surface area contributed by atoms with Crippen molar-refractivity contribution >= 4 is 34.3 Å². The van der Waals surface area contributed by atoms with Crippen LogP contribution in [0.15, 0.2) is 54.9 Å². The molecule has 1 saturated carbocycles. The minimum absolute atomic E-state index is 0.0660. The summed E-state index contributed by atoms with van der Waals surface area (Å²) >= 11 is 0. The van der Waals surface area contributed by atoms with Gasteiger partial charge < -0.3 is 15.8 Å². The molecule has 2 heterocycles. The summed E-state index contributed by atoms with van der Waals surface area (Å²) in [5.41, 5.74) is 7.26. The Hall–Kier alpha value is -3.94. The number of primary amides is 1. The van der Waals surface area contributed by atoms with Crippen molar-refractivity contribution in [3.8, 4) is 5.75 Å². The van der Waals surface area contributed by atoms with E-state index in [1.807, 2.05) is 24.3 Å². The second kappa shape index (κ2) is 8.20. The van der Waals surface area contributed by atoms with E-state index in [1.54, 1.807) is 37.7 Å². The second-order valence-corrected chi connectivity index (χ2v) is 8.51.